The van der Waals surface area contributed by atoms with Gasteiger partial charge in [0, 0.05) is 23.9 Å². The normalized spacial score (nSPS) is 9.61. The molecule has 0 heterocycles. The summed E-state index contributed by atoms with van der Waals surface area (Å²) >= 11 is 3.42. The van der Waals surface area contributed by atoms with Crippen LogP contribution in [0.2, 0.25) is 0 Å². The minimum absolute atomic E-state index is 0.275. The fourth-order valence-corrected chi connectivity index (χ4v) is 2.25. The van der Waals surface area contributed by atoms with E-state index in [2.05, 4.69) is 33.1 Å². The van der Waals surface area contributed by atoms with Gasteiger partial charge >= 0.3 is 6.09 Å². The number of amides is 1. The highest BCUT2D eigenvalue weighted by Gasteiger charge is 2.00. The predicted molar refractivity (Wildman–Crippen MR) is 95.2 cm³/mol. The van der Waals surface area contributed by atoms with Gasteiger partial charge in [0.1, 0.15) is 6.61 Å². The van der Waals surface area contributed by atoms with Crippen LogP contribution in [-0.2, 0) is 16.7 Å². The van der Waals surface area contributed by atoms with Crippen molar-refractivity contribution >= 4 is 22.0 Å². The molecule has 0 fully saturated rings. The zero-order valence-electron chi connectivity index (χ0n) is 12.7. The van der Waals surface area contributed by atoms with Crippen molar-refractivity contribution in [1.29, 1.82) is 0 Å². The first-order valence-electron chi connectivity index (χ1n) is 7.36. The van der Waals surface area contributed by atoms with E-state index in [1.807, 2.05) is 54.6 Å². The number of hydrogen-bond donors (Lipinski definition) is 1. The fourth-order valence-electron chi connectivity index (χ4n) is 1.90. The molecule has 0 aliphatic heterocycles. The second-order valence-corrected chi connectivity index (χ2v) is 5.44. The SMILES string of the molecule is O=C(NCCC#Cc1cccc(CBr)c1)OCc1ccccc1. The Morgan fingerprint density at radius 1 is 1.09 bits per heavy atom. The quantitative estimate of drug-likeness (QED) is 0.484. The molecule has 0 unspecified atom stereocenters. The predicted octanol–water partition coefficient (Wildman–Crippen LogP) is 4.25. The number of nitrogens with one attached hydrogen (secondary N) is 1. The lowest BCUT2D eigenvalue weighted by atomic mass is 10.1. The molecule has 0 saturated heterocycles. The minimum atomic E-state index is -0.420. The molecule has 1 amide bonds. The van der Waals surface area contributed by atoms with Gasteiger partial charge in [0.15, 0.2) is 0 Å². The second kappa shape index (κ2) is 9.70. The number of carbonyl (C=O) groups excluding carboxylic acids is 1. The largest absolute Gasteiger partial charge is 0.445 e. The highest BCUT2D eigenvalue weighted by Crippen LogP contribution is 2.07. The van der Waals surface area contributed by atoms with Crippen molar-refractivity contribution < 1.29 is 9.53 Å². The molecular formula is C19H18BrNO2. The Kier molecular flexibility index (Phi) is 7.22. The molecule has 0 saturated carbocycles. The summed E-state index contributed by atoms with van der Waals surface area (Å²) in [5.74, 6) is 6.13. The lowest BCUT2D eigenvalue weighted by Crippen LogP contribution is -2.24. The van der Waals surface area contributed by atoms with E-state index in [1.165, 1.54) is 5.56 Å². The molecule has 3 nitrogen and oxygen atoms in total. The van der Waals surface area contributed by atoms with E-state index in [9.17, 15) is 4.79 Å². The van der Waals surface area contributed by atoms with E-state index < -0.39 is 6.09 Å². The second-order valence-electron chi connectivity index (χ2n) is 4.87. The van der Waals surface area contributed by atoms with Gasteiger partial charge in [-0.15, -0.1) is 0 Å². The number of alkyl halides is 1. The van der Waals surface area contributed by atoms with Crippen molar-refractivity contribution in [2.75, 3.05) is 6.54 Å². The topological polar surface area (TPSA) is 38.3 Å². The maximum atomic E-state index is 11.5. The zero-order valence-corrected chi connectivity index (χ0v) is 14.3. The molecule has 2 aromatic carbocycles. The molecule has 0 atom stereocenters. The molecule has 0 bridgehead atoms. The Hall–Kier alpha value is -2.25. The highest BCUT2D eigenvalue weighted by atomic mass is 79.9. The van der Waals surface area contributed by atoms with E-state index in [1.54, 1.807) is 0 Å². The number of carbonyl (C=O) groups is 1. The molecule has 1 N–H and O–H groups in total. The Morgan fingerprint density at radius 2 is 1.87 bits per heavy atom. The molecule has 4 heteroatoms. The monoisotopic (exact) mass is 371 g/mol. The third-order valence-electron chi connectivity index (χ3n) is 3.05. The van der Waals surface area contributed by atoms with Crippen LogP contribution in [-0.4, -0.2) is 12.6 Å². The summed E-state index contributed by atoms with van der Waals surface area (Å²) in [6.45, 7) is 0.746. The van der Waals surface area contributed by atoms with E-state index >= 15 is 0 Å². The molecule has 0 radical (unpaired) electrons. The lowest BCUT2D eigenvalue weighted by molar-refractivity contribution is 0.140. The number of hydrogen-bond acceptors (Lipinski definition) is 2. The Labute approximate surface area is 145 Å². The van der Waals surface area contributed by atoms with Gasteiger partial charge in [-0.1, -0.05) is 70.2 Å². The summed E-state index contributed by atoms with van der Waals surface area (Å²) in [5.41, 5.74) is 3.14. The summed E-state index contributed by atoms with van der Waals surface area (Å²) in [7, 11) is 0. The minimum Gasteiger partial charge on any atom is -0.445 e. The van der Waals surface area contributed by atoms with Crippen LogP contribution in [0.5, 0.6) is 0 Å². The number of halogens is 1. The molecule has 2 aromatic rings. The third kappa shape index (κ3) is 6.58. The molecule has 23 heavy (non-hydrogen) atoms. The van der Waals surface area contributed by atoms with Crippen molar-refractivity contribution in [1.82, 2.24) is 5.32 Å². The van der Waals surface area contributed by atoms with Crippen molar-refractivity contribution in [3.63, 3.8) is 0 Å². The average Bonchev–Trinajstić information content (AvgIpc) is 2.61. The molecule has 0 aliphatic carbocycles. The van der Waals surface area contributed by atoms with E-state index in [-0.39, 0.29) is 6.61 Å². The van der Waals surface area contributed by atoms with Gasteiger partial charge in [-0.3, -0.25) is 0 Å². The van der Waals surface area contributed by atoms with E-state index in [4.69, 9.17) is 4.74 Å². The first kappa shape index (κ1) is 17.1. The van der Waals surface area contributed by atoms with E-state index in [0.29, 0.717) is 13.0 Å². The average molecular weight is 372 g/mol. The van der Waals surface area contributed by atoms with E-state index in [0.717, 1.165) is 16.5 Å². The Balaban J connectivity index is 1.67. The summed E-state index contributed by atoms with van der Waals surface area (Å²) in [6.07, 6.45) is 0.163. The van der Waals surface area contributed by atoms with Crippen LogP contribution < -0.4 is 5.32 Å². The summed E-state index contributed by atoms with van der Waals surface area (Å²) in [6, 6.07) is 17.6. The molecule has 2 rings (SSSR count). The number of alkyl carbamates (subject to hydrolysis) is 1. The van der Waals surface area contributed by atoms with Crippen LogP contribution in [0.3, 0.4) is 0 Å². The van der Waals surface area contributed by atoms with Crippen LogP contribution in [0.15, 0.2) is 54.6 Å². The van der Waals surface area contributed by atoms with Gasteiger partial charge in [0.25, 0.3) is 0 Å². The van der Waals surface area contributed by atoms with Gasteiger partial charge in [-0.2, -0.15) is 0 Å². The molecule has 118 valence electrons. The first-order chi connectivity index (χ1) is 11.3. The van der Waals surface area contributed by atoms with Crippen LogP contribution in [0.25, 0.3) is 0 Å². The Morgan fingerprint density at radius 3 is 2.65 bits per heavy atom. The van der Waals surface area contributed by atoms with Gasteiger partial charge in [0.2, 0.25) is 0 Å². The molecular weight excluding hydrogens is 354 g/mol. The number of rotatable bonds is 5. The van der Waals surface area contributed by atoms with Crippen molar-refractivity contribution in [3.8, 4) is 11.8 Å². The number of ether oxygens (including phenoxy) is 1. The highest BCUT2D eigenvalue weighted by molar-refractivity contribution is 9.08. The first-order valence-corrected chi connectivity index (χ1v) is 8.48. The van der Waals surface area contributed by atoms with Crippen LogP contribution in [0, 0.1) is 11.8 Å². The maximum Gasteiger partial charge on any atom is 0.407 e. The maximum absolute atomic E-state index is 11.5. The van der Waals surface area contributed by atoms with Crippen LogP contribution in [0.4, 0.5) is 4.79 Å². The molecule has 0 spiro atoms. The number of benzene rings is 2. The van der Waals surface area contributed by atoms with Crippen molar-refractivity contribution in [2.45, 2.75) is 18.4 Å². The molecule has 0 aromatic heterocycles. The smallest absolute Gasteiger partial charge is 0.407 e. The summed E-state index contributed by atoms with van der Waals surface area (Å²) in [4.78, 5) is 11.5. The van der Waals surface area contributed by atoms with Crippen LogP contribution in [0.1, 0.15) is 23.1 Å². The van der Waals surface area contributed by atoms with Gasteiger partial charge in [0.05, 0.1) is 0 Å². The summed E-state index contributed by atoms with van der Waals surface area (Å²) < 4.78 is 5.12. The zero-order chi connectivity index (χ0) is 16.3. The van der Waals surface area contributed by atoms with Gasteiger partial charge in [-0.05, 0) is 23.3 Å². The lowest BCUT2D eigenvalue weighted by Gasteiger charge is -2.05. The summed E-state index contributed by atoms with van der Waals surface area (Å²) in [5, 5.41) is 3.51. The van der Waals surface area contributed by atoms with Crippen molar-refractivity contribution in [3.05, 3.63) is 71.3 Å². The van der Waals surface area contributed by atoms with Gasteiger partial charge < -0.3 is 10.1 Å². The standard InChI is InChI=1S/C19H18BrNO2/c20-14-18-11-6-10-16(13-18)7-4-5-12-21-19(22)23-15-17-8-2-1-3-9-17/h1-3,6,8-11,13H,5,12,14-15H2,(H,21,22). The molecule has 0 aliphatic rings. The fraction of sp³-hybridized carbons (Fsp3) is 0.211. The van der Waals surface area contributed by atoms with Gasteiger partial charge in [-0.25, -0.2) is 4.79 Å². The van der Waals surface area contributed by atoms with Crippen molar-refractivity contribution in [2.24, 2.45) is 0 Å². The van der Waals surface area contributed by atoms with Crippen LogP contribution >= 0.6 is 15.9 Å². The third-order valence-corrected chi connectivity index (χ3v) is 3.69. The Bertz CT molecular complexity index is 689.